The molecule has 3 aromatic carbocycles. The molecule has 0 heterocycles. The average Bonchev–Trinajstić information content (AvgIpc) is 3.40. The Kier molecular flexibility index (Phi) is 8.43. The van der Waals surface area contributed by atoms with Gasteiger partial charge in [-0.2, -0.15) is 0 Å². The first-order valence-electron chi connectivity index (χ1n) is 13.4. The standard InChI is InChI=1S/C35H34O6/c1-19(2)33(36)39-25-16-24(17-26(18-25)40-34(37)20(3)4)30-14-23(8)31(15-22(30)7)28-12-13-32(41-35(38)21(5)6)29-11-9-10-27(28)29/h12-18H,1,3,5,9-11H2,2,4,6-8H3. The molecule has 41 heavy (non-hydrogen) atoms. The van der Waals surface area contributed by atoms with Crippen LogP contribution in [0.4, 0.5) is 0 Å². The third-order valence-electron chi connectivity index (χ3n) is 6.96. The lowest BCUT2D eigenvalue weighted by molar-refractivity contribution is -0.131. The highest BCUT2D eigenvalue weighted by Gasteiger charge is 2.23. The van der Waals surface area contributed by atoms with E-state index in [0.717, 1.165) is 58.2 Å². The number of hydrogen-bond donors (Lipinski definition) is 0. The molecule has 6 heteroatoms. The van der Waals surface area contributed by atoms with Crippen LogP contribution in [0.15, 0.2) is 78.9 Å². The Morgan fingerprint density at radius 1 is 0.610 bits per heavy atom. The number of benzene rings is 3. The number of ether oxygens (including phenoxy) is 3. The van der Waals surface area contributed by atoms with Crippen LogP contribution in [0, 0.1) is 13.8 Å². The molecule has 0 radical (unpaired) electrons. The molecule has 0 N–H and O–H groups in total. The van der Waals surface area contributed by atoms with Crippen LogP contribution in [0.1, 0.15) is 49.4 Å². The lowest BCUT2D eigenvalue weighted by atomic mass is 9.89. The summed E-state index contributed by atoms with van der Waals surface area (Å²) >= 11 is 0. The van der Waals surface area contributed by atoms with Crippen LogP contribution >= 0.6 is 0 Å². The molecule has 6 nitrogen and oxygen atoms in total. The Morgan fingerprint density at radius 3 is 1.66 bits per heavy atom. The van der Waals surface area contributed by atoms with Crippen LogP contribution in [0.25, 0.3) is 22.3 Å². The number of esters is 3. The van der Waals surface area contributed by atoms with Gasteiger partial charge in [-0.3, -0.25) is 0 Å². The van der Waals surface area contributed by atoms with Gasteiger partial charge in [0.1, 0.15) is 17.2 Å². The molecule has 3 aromatic rings. The second kappa shape index (κ2) is 11.8. The second-order valence-corrected chi connectivity index (χ2v) is 10.6. The van der Waals surface area contributed by atoms with Gasteiger partial charge in [-0.05, 0) is 117 Å². The maximum Gasteiger partial charge on any atom is 0.338 e. The van der Waals surface area contributed by atoms with E-state index in [1.54, 1.807) is 32.9 Å². The van der Waals surface area contributed by atoms with Crippen molar-refractivity contribution in [2.75, 3.05) is 0 Å². The smallest absolute Gasteiger partial charge is 0.338 e. The third kappa shape index (κ3) is 6.38. The Balaban J connectivity index is 1.77. The van der Waals surface area contributed by atoms with Crippen LogP contribution in [0.3, 0.4) is 0 Å². The third-order valence-corrected chi connectivity index (χ3v) is 6.96. The monoisotopic (exact) mass is 550 g/mol. The van der Waals surface area contributed by atoms with Crippen molar-refractivity contribution in [3.05, 3.63) is 101 Å². The van der Waals surface area contributed by atoms with E-state index < -0.39 is 17.9 Å². The van der Waals surface area contributed by atoms with Crippen LogP contribution < -0.4 is 14.2 Å². The van der Waals surface area contributed by atoms with Crippen molar-refractivity contribution >= 4 is 17.9 Å². The van der Waals surface area contributed by atoms with Crippen LogP contribution in [-0.4, -0.2) is 17.9 Å². The highest BCUT2D eigenvalue weighted by molar-refractivity contribution is 5.91. The molecule has 1 aliphatic carbocycles. The lowest BCUT2D eigenvalue weighted by Gasteiger charge is -2.18. The molecule has 210 valence electrons. The largest absolute Gasteiger partial charge is 0.423 e. The van der Waals surface area contributed by atoms with Gasteiger partial charge < -0.3 is 14.2 Å². The number of rotatable bonds is 8. The zero-order chi connectivity index (χ0) is 30.0. The van der Waals surface area contributed by atoms with Crippen LogP contribution in [-0.2, 0) is 27.2 Å². The minimum Gasteiger partial charge on any atom is -0.423 e. The van der Waals surface area contributed by atoms with Gasteiger partial charge in [-0.1, -0.05) is 37.9 Å². The van der Waals surface area contributed by atoms with E-state index in [0.29, 0.717) is 11.3 Å². The Labute approximate surface area is 241 Å². The molecule has 0 saturated carbocycles. The predicted molar refractivity (Wildman–Crippen MR) is 160 cm³/mol. The van der Waals surface area contributed by atoms with Gasteiger partial charge in [0.25, 0.3) is 0 Å². The SMILES string of the molecule is C=C(C)C(=O)Oc1cc(OC(=O)C(=C)C)cc(-c2cc(C)c(-c3ccc(OC(=O)C(=C)C)c4c3CCC4)cc2C)c1. The summed E-state index contributed by atoms with van der Waals surface area (Å²) in [5.74, 6) is -0.508. The van der Waals surface area contributed by atoms with Crippen molar-refractivity contribution in [1.82, 2.24) is 0 Å². The molecule has 0 amide bonds. The molecule has 0 atom stereocenters. The fraction of sp³-hybridized carbons (Fsp3) is 0.229. The first-order valence-corrected chi connectivity index (χ1v) is 13.4. The van der Waals surface area contributed by atoms with E-state index in [2.05, 4.69) is 31.9 Å². The van der Waals surface area contributed by atoms with E-state index >= 15 is 0 Å². The van der Waals surface area contributed by atoms with Gasteiger partial charge in [-0.25, -0.2) is 14.4 Å². The fourth-order valence-corrected chi connectivity index (χ4v) is 4.86. The highest BCUT2D eigenvalue weighted by Crippen LogP contribution is 2.41. The highest BCUT2D eigenvalue weighted by atomic mass is 16.5. The summed E-state index contributed by atoms with van der Waals surface area (Å²) in [6.45, 7) is 19.8. The molecule has 0 aromatic heterocycles. The Hall–Kier alpha value is -4.71. The van der Waals surface area contributed by atoms with Crippen molar-refractivity contribution in [3.8, 4) is 39.5 Å². The molecule has 0 aliphatic heterocycles. The summed E-state index contributed by atoms with van der Waals surface area (Å²) in [6.07, 6.45) is 2.73. The van der Waals surface area contributed by atoms with E-state index in [4.69, 9.17) is 14.2 Å². The summed E-state index contributed by atoms with van der Waals surface area (Å²) in [6, 6.07) is 13.1. The van der Waals surface area contributed by atoms with Gasteiger partial charge >= 0.3 is 17.9 Å². The first kappa shape index (κ1) is 29.3. The lowest BCUT2D eigenvalue weighted by Crippen LogP contribution is -2.10. The fourth-order valence-electron chi connectivity index (χ4n) is 4.86. The minimum atomic E-state index is -0.575. The second-order valence-electron chi connectivity index (χ2n) is 10.6. The van der Waals surface area contributed by atoms with Crippen LogP contribution in [0.2, 0.25) is 0 Å². The van der Waals surface area contributed by atoms with Gasteiger partial charge in [0.2, 0.25) is 0 Å². The quantitative estimate of drug-likeness (QED) is 0.164. The van der Waals surface area contributed by atoms with Crippen molar-refractivity contribution in [2.45, 2.75) is 53.9 Å². The first-order chi connectivity index (χ1) is 19.3. The van der Waals surface area contributed by atoms with Gasteiger partial charge in [0.05, 0.1) is 0 Å². The molecule has 0 fully saturated rings. The van der Waals surface area contributed by atoms with E-state index in [1.165, 1.54) is 11.6 Å². The zero-order valence-corrected chi connectivity index (χ0v) is 24.2. The molecule has 4 rings (SSSR count). The molecule has 0 spiro atoms. The maximum absolute atomic E-state index is 12.3. The summed E-state index contributed by atoms with van der Waals surface area (Å²) in [5.41, 5.74) is 8.95. The minimum absolute atomic E-state index is 0.235. The number of hydrogen-bond acceptors (Lipinski definition) is 6. The van der Waals surface area contributed by atoms with E-state index in [9.17, 15) is 14.4 Å². The summed E-state index contributed by atoms with van der Waals surface area (Å²) < 4.78 is 16.6. The summed E-state index contributed by atoms with van der Waals surface area (Å²) in [4.78, 5) is 36.7. The van der Waals surface area contributed by atoms with Crippen molar-refractivity contribution in [1.29, 1.82) is 0 Å². The Morgan fingerprint density at radius 2 is 1.10 bits per heavy atom. The van der Waals surface area contributed by atoms with Gasteiger partial charge in [0, 0.05) is 22.8 Å². The van der Waals surface area contributed by atoms with Gasteiger partial charge in [-0.15, -0.1) is 0 Å². The number of carbonyl (C=O) groups is 3. The Bertz CT molecular complexity index is 1590. The summed E-state index contributed by atoms with van der Waals surface area (Å²) in [5, 5.41) is 0. The van der Waals surface area contributed by atoms with Gasteiger partial charge in [0.15, 0.2) is 0 Å². The molecular formula is C35H34O6. The van der Waals surface area contributed by atoms with Crippen molar-refractivity contribution < 1.29 is 28.6 Å². The number of carbonyl (C=O) groups excluding carboxylic acids is 3. The zero-order valence-electron chi connectivity index (χ0n) is 24.2. The van der Waals surface area contributed by atoms with E-state index in [1.807, 2.05) is 26.0 Å². The molecule has 1 aliphatic rings. The number of aryl methyl sites for hydroxylation is 2. The van der Waals surface area contributed by atoms with E-state index in [-0.39, 0.29) is 22.6 Å². The maximum atomic E-state index is 12.3. The topological polar surface area (TPSA) is 78.9 Å². The van der Waals surface area contributed by atoms with Crippen molar-refractivity contribution in [2.24, 2.45) is 0 Å². The number of fused-ring (bicyclic) bond motifs is 1. The van der Waals surface area contributed by atoms with Crippen molar-refractivity contribution in [3.63, 3.8) is 0 Å². The molecule has 0 bridgehead atoms. The molecule has 0 saturated heterocycles. The summed E-state index contributed by atoms with van der Waals surface area (Å²) in [7, 11) is 0. The predicted octanol–water partition coefficient (Wildman–Crippen LogP) is 7.57. The normalized spacial score (nSPS) is 11.8. The molecular weight excluding hydrogens is 516 g/mol. The average molecular weight is 551 g/mol. The molecule has 0 unspecified atom stereocenters. The van der Waals surface area contributed by atoms with Crippen LogP contribution in [0.5, 0.6) is 17.2 Å².